The molecule has 0 atom stereocenters. The summed E-state index contributed by atoms with van der Waals surface area (Å²) in [5.41, 5.74) is 0. The van der Waals surface area contributed by atoms with Gasteiger partial charge >= 0.3 is 0 Å². The van der Waals surface area contributed by atoms with Gasteiger partial charge in [0.25, 0.3) is 0 Å². The van der Waals surface area contributed by atoms with Crippen LogP contribution < -0.4 is 10.6 Å². The molecule has 0 saturated heterocycles. The molecule has 0 spiro atoms. The van der Waals surface area contributed by atoms with Gasteiger partial charge in [-0.15, -0.1) is 0 Å². The van der Waals surface area contributed by atoms with Crippen molar-refractivity contribution >= 4 is 11.8 Å². The molecule has 116 valence electrons. The molecular weight excluding hydrogens is 252 g/mol. The number of carbonyl (C=O) groups is 2. The Morgan fingerprint density at radius 2 is 1.60 bits per heavy atom. The predicted molar refractivity (Wildman–Crippen MR) is 81.3 cm³/mol. The first-order chi connectivity index (χ1) is 9.58. The Labute approximate surface area is 123 Å². The Hall–Kier alpha value is -1.06. The van der Waals surface area contributed by atoms with Gasteiger partial charge in [-0.2, -0.15) is 0 Å². The first-order valence-electron chi connectivity index (χ1n) is 8.11. The first-order valence-corrected chi connectivity index (χ1v) is 8.11. The van der Waals surface area contributed by atoms with Crippen molar-refractivity contribution in [3.8, 4) is 0 Å². The Bertz CT molecular complexity index is 297. The van der Waals surface area contributed by atoms with Crippen LogP contribution in [0.25, 0.3) is 0 Å². The van der Waals surface area contributed by atoms with Crippen LogP contribution in [0.15, 0.2) is 0 Å². The molecule has 4 nitrogen and oxygen atoms in total. The highest BCUT2D eigenvalue weighted by atomic mass is 16.2. The average Bonchev–Trinajstić information content (AvgIpc) is 2.42. The average molecular weight is 282 g/mol. The van der Waals surface area contributed by atoms with Crippen LogP contribution in [0.2, 0.25) is 0 Å². The molecule has 0 aromatic heterocycles. The van der Waals surface area contributed by atoms with E-state index in [0.29, 0.717) is 31.8 Å². The highest BCUT2D eigenvalue weighted by Gasteiger charge is 2.14. The monoisotopic (exact) mass is 282 g/mol. The third-order valence-corrected chi connectivity index (χ3v) is 3.87. The summed E-state index contributed by atoms with van der Waals surface area (Å²) < 4.78 is 0. The predicted octanol–water partition coefficient (Wildman–Crippen LogP) is 2.63. The van der Waals surface area contributed by atoms with Crippen LogP contribution in [0.1, 0.15) is 65.2 Å². The normalized spacial score (nSPS) is 16.1. The SMILES string of the molecule is CC(C)CC(=O)NCCNC(=O)CCC1CCCCC1. The molecule has 0 unspecified atom stereocenters. The van der Waals surface area contributed by atoms with Crippen molar-refractivity contribution in [3.63, 3.8) is 0 Å². The molecule has 20 heavy (non-hydrogen) atoms. The maximum Gasteiger partial charge on any atom is 0.220 e. The van der Waals surface area contributed by atoms with Crippen LogP contribution in [-0.4, -0.2) is 24.9 Å². The molecule has 0 aliphatic heterocycles. The van der Waals surface area contributed by atoms with E-state index >= 15 is 0 Å². The number of amides is 2. The van der Waals surface area contributed by atoms with Crippen LogP contribution in [-0.2, 0) is 9.59 Å². The lowest BCUT2D eigenvalue weighted by molar-refractivity contribution is -0.123. The minimum absolute atomic E-state index is 0.0662. The van der Waals surface area contributed by atoms with Gasteiger partial charge in [-0.3, -0.25) is 9.59 Å². The maximum atomic E-state index is 11.7. The van der Waals surface area contributed by atoms with Crippen molar-refractivity contribution in [1.82, 2.24) is 10.6 Å². The zero-order chi connectivity index (χ0) is 14.8. The first kappa shape index (κ1) is 17.0. The van der Waals surface area contributed by atoms with Gasteiger partial charge in [-0.1, -0.05) is 46.0 Å². The topological polar surface area (TPSA) is 58.2 Å². The van der Waals surface area contributed by atoms with E-state index in [1.54, 1.807) is 0 Å². The van der Waals surface area contributed by atoms with E-state index in [9.17, 15) is 9.59 Å². The fraction of sp³-hybridized carbons (Fsp3) is 0.875. The van der Waals surface area contributed by atoms with Crippen molar-refractivity contribution in [2.24, 2.45) is 11.8 Å². The Balaban J connectivity index is 1.98. The van der Waals surface area contributed by atoms with Crippen LogP contribution >= 0.6 is 0 Å². The van der Waals surface area contributed by atoms with Gasteiger partial charge in [-0.25, -0.2) is 0 Å². The van der Waals surface area contributed by atoms with Crippen LogP contribution in [0.4, 0.5) is 0 Å². The van der Waals surface area contributed by atoms with Gasteiger partial charge in [0.05, 0.1) is 0 Å². The van der Waals surface area contributed by atoms with Crippen molar-refractivity contribution in [2.45, 2.75) is 65.2 Å². The lowest BCUT2D eigenvalue weighted by atomic mass is 9.86. The van der Waals surface area contributed by atoms with Gasteiger partial charge in [0, 0.05) is 25.9 Å². The van der Waals surface area contributed by atoms with Crippen LogP contribution in [0, 0.1) is 11.8 Å². The molecule has 4 heteroatoms. The van der Waals surface area contributed by atoms with Gasteiger partial charge in [-0.05, 0) is 18.3 Å². The van der Waals surface area contributed by atoms with Crippen LogP contribution in [0.5, 0.6) is 0 Å². The van der Waals surface area contributed by atoms with E-state index in [1.165, 1.54) is 32.1 Å². The molecular formula is C16H30N2O2. The summed E-state index contributed by atoms with van der Waals surface area (Å²) >= 11 is 0. The third kappa shape index (κ3) is 8.18. The fourth-order valence-corrected chi connectivity index (χ4v) is 2.75. The van der Waals surface area contributed by atoms with Crippen molar-refractivity contribution in [2.75, 3.05) is 13.1 Å². The molecule has 1 aliphatic carbocycles. The van der Waals surface area contributed by atoms with E-state index in [2.05, 4.69) is 10.6 Å². The Kier molecular flexibility index (Phi) is 8.31. The third-order valence-electron chi connectivity index (χ3n) is 3.87. The molecule has 2 amide bonds. The quantitative estimate of drug-likeness (QED) is 0.672. The molecule has 0 aromatic carbocycles. The van der Waals surface area contributed by atoms with Gasteiger partial charge in [0.15, 0.2) is 0 Å². The maximum absolute atomic E-state index is 11.7. The summed E-state index contributed by atoms with van der Waals surface area (Å²) in [5, 5.41) is 5.70. The highest BCUT2D eigenvalue weighted by Crippen LogP contribution is 2.27. The second-order valence-corrected chi connectivity index (χ2v) is 6.34. The molecule has 1 aliphatic rings. The van der Waals surface area contributed by atoms with Crippen molar-refractivity contribution in [3.05, 3.63) is 0 Å². The lowest BCUT2D eigenvalue weighted by Gasteiger charge is -2.21. The molecule has 0 aromatic rings. The standard InChI is InChI=1S/C16H30N2O2/c1-13(2)12-16(20)18-11-10-17-15(19)9-8-14-6-4-3-5-7-14/h13-14H,3-12H2,1-2H3,(H,17,19)(H,18,20). The molecule has 0 heterocycles. The summed E-state index contributed by atoms with van der Waals surface area (Å²) in [6.45, 7) is 5.10. The summed E-state index contributed by atoms with van der Waals surface area (Å²) in [7, 11) is 0. The zero-order valence-electron chi connectivity index (χ0n) is 13.0. The summed E-state index contributed by atoms with van der Waals surface area (Å²) in [5.74, 6) is 1.31. The van der Waals surface area contributed by atoms with Crippen LogP contribution in [0.3, 0.4) is 0 Å². The van der Waals surface area contributed by atoms with E-state index in [1.807, 2.05) is 13.8 Å². The van der Waals surface area contributed by atoms with Crippen molar-refractivity contribution in [1.29, 1.82) is 0 Å². The summed E-state index contributed by atoms with van der Waals surface area (Å²) in [6, 6.07) is 0. The molecule has 0 radical (unpaired) electrons. The highest BCUT2D eigenvalue weighted by molar-refractivity contribution is 5.77. The van der Waals surface area contributed by atoms with E-state index in [-0.39, 0.29) is 11.8 Å². The largest absolute Gasteiger partial charge is 0.354 e. The fourth-order valence-electron chi connectivity index (χ4n) is 2.75. The summed E-state index contributed by atoms with van der Waals surface area (Å²) in [4.78, 5) is 23.1. The Morgan fingerprint density at radius 3 is 2.20 bits per heavy atom. The molecule has 1 rings (SSSR count). The van der Waals surface area contributed by atoms with E-state index in [0.717, 1.165) is 12.3 Å². The number of hydrogen-bond donors (Lipinski definition) is 2. The number of carbonyl (C=O) groups excluding carboxylic acids is 2. The summed E-state index contributed by atoms with van der Waals surface area (Å²) in [6.07, 6.45) is 8.80. The zero-order valence-corrected chi connectivity index (χ0v) is 13.0. The molecule has 0 bridgehead atoms. The van der Waals surface area contributed by atoms with E-state index in [4.69, 9.17) is 0 Å². The lowest BCUT2D eigenvalue weighted by Crippen LogP contribution is -2.35. The van der Waals surface area contributed by atoms with Gasteiger partial charge in [0.2, 0.25) is 11.8 Å². The van der Waals surface area contributed by atoms with Gasteiger partial charge in [0.1, 0.15) is 0 Å². The van der Waals surface area contributed by atoms with E-state index < -0.39 is 0 Å². The molecule has 2 N–H and O–H groups in total. The Morgan fingerprint density at radius 1 is 1.00 bits per heavy atom. The van der Waals surface area contributed by atoms with Crippen molar-refractivity contribution < 1.29 is 9.59 Å². The second-order valence-electron chi connectivity index (χ2n) is 6.34. The van der Waals surface area contributed by atoms with Gasteiger partial charge < -0.3 is 10.6 Å². The smallest absolute Gasteiger partial charge is 0.220 e. The molecule has 1 saturated carbocycles. The number of rotatable bonds is 8. The minimum Gasteiger partial charge on any atom is -0.354 e. The number of hydrogen-bond acceptors (Lipinski definition) is 2. The minimum atomic E-state index is 0.0662. The number of nitrogens with one attached hydrogen (secondary N) is 2. The molecule has 1 fully saturated rings. The second kappa shape index (κ2) is 9.78.